The van der Waals surface area contributed by atoms with Crippen molar-refractivity contribution in [3.63, 3.8) is 0 Å². The van der Waals surface area contributed by atoms with Crippen molar-refractivity contribution in [2.75, 3.05) is 0 Å². The van der Waals surface area contributed by atoms with Gasteiger partial charge in [0, 0.05) is 0 Å². The van der Waals surface area contributed by atoms with Crippen LogP contribution in [0.2, 0.25) is 52.4 Å². The molecule has 0 aromatic rings. The Morgan fingerprint density at radius 2 is 0.923 bits per heavy atom. The average Bonchev–Trinajstić information content (AvgIpc) is 1.44. The van der Waals surface area contributed by atoms with Gasteiger partial charge in [-0.15, -0.1) is 11.1 Å². The van der Waals surface area contributed by atoms with Crippen LogP contribution in [0.15, 0.2) is 0 Å². The molecule has 0 amide bonds. The topological polar surface area (TPSA) is 3.24 Å². The van der Waals surface area contributed by atoms with E-state index >= 15 is 0 Å². The van der Waals surface area contributed by atoms with Crippen LogP contribution >= 0.6 is 11.1 Å². The fourth-order valence-corrected chi connectivity index (χ4v) is 28.0. The molecule has 0 bridgehead atoms. The normalized spacial score (nSPS) is 15.2. The average molecular weight is 254 g/mol. The summed E-state index contributed by atoms with van der Waals surface area (Å²) < 4.78 is 2.74. The lowest BCUT2D eigenvalue weighted by atomic mass is 11.8. The van der Waals surface area contributed by atoms with Gasteiger partial charge in [0.2, 0.25) is 7.55 Å². The van der Waals surface area contributed by atoms with Crippen molar-refractivity contribution >= 4 is 35.1 Å². The van der Waals surface area contributed by atoms with Crippen LogP contribution in [0.3, 0.4) is 0 Å². The highest BCUT2D eigenvalue weighted by atomic mass is 35.6. The van der Waals surface area contributed by atoms with Crippen molar-refractivity contribution in [1.82, 2.24) is 3.90 Å². The summed E-state index contributed by atoms with van der Waals surface area (Å²) in [6, 6.07) is 0. The van der Waals surface area contributed by atoms with E-state index in [0.717, 1.165) is 0 Å². The molecule has 0 aliphatic heterocycles. The van der Waals surface area contributed by atoms with E-state index in [1.807, 2.05) is 0 Å². The second kappa shape index (κ2) is 3.81. The number of hydrogen-bond donors (Lipinski definition) is 0. The molecule has 0 rings (SSSR count). The van der Waals surface area contributed by atoms with Crippen LogP contribution in [-0.2, 0) is 0 Å². The van der Waals surface area contributed by atoms with Crippen molar-refractivity contribution in [1.29, 1.82) is 0 Å². The Balaban J connectivity index is 5.02. The summed E-state index contributed by atoms with van der Waals surface area (Å²) in [7, 11) is -4.09. The molecule has 1 nitrogen and oxygen atoms in total. The lowest BCUT2D eigenvalue weighted by molar-refractivity contribution is 0.920. The summed E-state index contributed by atoms with van der Waals surface area (Å²) in [6.45, 7) is 18.9. The lowest BCUT2D eigenvalue weighted by Gasteiger charge is -2.49. The van der Waals surface area contributed by atoms with Crippen molar-refractivity contribution in [3.05, 3.63) is 0 Å². The van der Waals surface area contributed by atoms with Gasteiger partial charge in [0.05, 0.1) is 0 Å². The molecular weight excluding hydrogens is 230 g/mol. The predicted octanol–water partition coefficient (Wildman–Crippen LogP) is 3.90. The Morgan fingerprint density at radius 1 is 0.692 bits per heavy atom. The number of nitrogens with zero attached hydrogens (tertiary/aromatic N) is 1. The molecule has 13 heavy (non-hydrogen) atoms. The fraction of sp³-hybridized carbons (Fsp3) is 1.00. The maximum absolute atomic E-state index is 6.60. The van der Waals surface area contributed by atoms with Crippen LogP contribution in [0.25, 0.3) is 0 Å². The number of rotatable bonds is 3. The summed E-state index contributed by atoms with van der Waals surface area (Å²) >= 11 is 6.60. The minimum atomic E-state index is -1.63. The third-order valence-electron chi connectivity index (χ3n) is 1.87. The first-order valence-electron chi connectivity index (χ1n) is 4.86. The fourth-order valence-electron chi connectivity index (χ4n) is 2.60. The van der Waals surface area contributed by atoms with Gasteiger partial charge in [-0.05, 0) is 13.1 Å². The van der Waals surface area contributed by atoms with Crippen LogP contribution < -0.4 is 0 Å². The Morgan fingerprint density at radius 3 is 0.923 bits per heavy atom. The van der Waals surface area contributed by atoms with E-state index in [9.17, 15) is 0 Å². The molecule has 0 fully saturated rings. The highest BCUT2D eigenvalue weighted by Gasteiger charge is 2.43. The van der Waals surface area contributed by atoms with E-state index < -0.39 is 24.0 Å². The molecule has 0 radical (unpaired) electrons. The predicted molar refractivity (Wildman–Crippen MR) is 71.9 cm³/mol. The summed E-state index contributed by atoms with van der Waals surface area (Å²) in [4.78, 5) is 0. The zero-order chi connectivity index (χ0) is 11.1. The molecule has 0 unspecified atom stereocenters. The third-order valence-corrected chi connectivity index (χ3v) is 18.4. The summed E-state index contributed by atoms with van der Waals surface area (Å²) in [5.41, 5.74) is 0. The Bertz CT molecular complexity index is 142. The molecule has 0 heterocycles. The Hall–Kier alpha value is 0.901. The molecule has 0 aliphatic carbocycles. The van der Waals surface area contributed by atoms with Crippen molar-refractivity contribution in [2.45, 2.75) is 52.4 Å². The van der Waals surface area contributed by atoms with Crippen molar-refractivity contribution in [2.24, 2.45) is 0 Å². The molecule has 0 N–H and O–H groups in total. The first-order valence-corrected chi connectivity index (χ1v) is 15.7. The monoisotopic (exact) mass is 253 g/mol. The summed E-state index contributed by atoms with van der Waals surface area (Å²) in [5, 5.41) is 0. The van der Waals surface area contributed by atoms with Gasteiger partial charge in [-0.3, -0.25) is 0 Å². The van der Waals surface area contributed by atoms with Gasteiger partial charge in [0.1, 0.15) is 16.5 Å². The highest BCUT2D eigenvalue weighted by Crippen LogP contribution is 2.29. The van der Waals surface area contributed by atoms with Crippen molar-refractivity contribution in [3.8, 4) is 0 Å². The second-order valence-corrected chi connectivity index (χ2v) is 23.0. The first kappa shape index (κ1) is 13.9. The van der Waals surface area contributed by atoms with Gasteiger partial charge in [0.25, 0.3) is 0 Å². The molecule has 0 saturated carbocycles. The number of halogens is 1. The smallest absolute Gasteiger partial charge is 0.210 e. The third kappa shape index (κ3) is 4.29. The molecular formula is C8H24ClNSi3. The van der Waals surface area contributed by atoms with E-state index in [1.54, 1.807) is 0 Å². The van der Waals surface area contributed by atoms with Crippen LogP contribution in [0.1, 0.15) is 0 Å². The van der Waals surface area contributed by atoms with Crippen LogP contribution in [-0.4, -0.2) is 27.9 Å². The maximum atomic E-state index is 6.60. The molecule has 0 atom stereocenters. The largest absolute Gasteiger partial charge is 0.357 e. The Kier molecular flexibility index (Phi) is 4.07. The number of hydrogen-bond acceptors (Lipinski definition) is 1. The van der Waals surface area contributed by atoms with Gasteiger partial charge in [-0.2, -0.15) is 0 Å². The second-order valence-electron chi connectivity index (χ2n) is 6.09. The SMILES string of the molecule is C[Si](C)(C)N([Si](C)(C)C)[Si](C)(C)Cl. The van der Waals surface area contributed by atoms with Crippen molar-refractivity contribution < 1.29 is 0 Å². The van der Waals surface area contributed by atoms with Gasteiger partial charge in [0.15, 0.2) is 0 Å². The lowest BCUT2D eigenvalue weighted by Crippen LogP contribution is -2.67. The van der Waals surface area contributed by atoms with Gasteiger partial charge in [-0.1, -0.05) is 39.3 Å². The van der Waals surface area contributed by atoms with E-state index in [4.69, 9.17) is 11.1 Å². The summed E-state index contributed by atoms with van der Waals surface area (Å²) in [6.07, 6.45) is 0. The molecule has 0 aromatic carbocycles. The maximum Gasteiger partial charge on any atom is 0.210 e. The Labute approximate surface area is 91.4 Å². The zero-order valence-corrected chi connectivity index (χ0v) is 14.1. The molecule has 0 aromatic heterocycles. The van der Waals surface area contributed by atoms with E-state index in [0.29, 0.717) is 0 Å². The molecule has 5 heteroatoms. The molecule has 80 valence electrons. The van der Waals surface area contributed by atoms with E-state index in [1.165, 1.54) is 0 Å². The van der Waals surface area contributed by atoms with Gasteiger partial charge >= 0.3 is 0 Å². The van der Waals surface area contributed by atoms with Crippen LogP contribution in [0.5, 0.6) is 0 Å². The minimum Gasteiger partial charge on any atom is -0.357 e. The van der Waals surface area contributed by atoms with Crippen LogP contribution in [0, 0.1) is 0 Å². The highest BCUT2D eigenvalue weighted by molar-refractivity contribution is 7.25. The summed E-state index contributed by atoms with van der Waals surface area (Å²) in [5.74, 6) is 0. The standard InChI is InChI=1S/C8H24ClNSi3/c1-11(2,3)10(12(4,5)6)13(7,8)9/h1-8H3. The minimum absolute atomic E-state index is 1.23. The molecule has 0 spiro atoms. The first-order chi connectivity index (χ1) is 5.37. The van der Waals surface area contributed by atoms with E-state index in [-0.39, 0.29) is 0 Å². The van der Waals surface area contributed by atoms with Gasteiger partial charge in [-0.25, -0.2) is 0 Å². The van der Waals surface area contributed by atoms with Gasteiger partial charge < -0.3 is 3.90 Å². The molecule has 0 aliphatic rings. The molecule has 0 saturated heterocycles. The van der Waals surface area contributed by atoms with Crippen LogP contribution in [0.4, 0.5) is 0 Å². The van der Waals surface area contributed by atoms with E-state index in [2.05, 4.69) is 56.3 Å². The zero-order valence-electron chi connectivity index (χ0n) is 10.3. The quantitative estimate of drug-likeness (QED) is 0.545.